The monoisotopic (exact) mass is 284 g/mol. The van der Waals surface area contributed by atoms with Crippen molar-refractivity contribution in [3.05, 3.63) is 53.7 Å². The molecule has 0 fully saturated rings. The Balaban J connectivity index is 1.76. The maximum atomic E-state index is 12.0. The largest absolute Gasteiger partial charge is 0.298 e. The molecule has 1 amide bonds. The molecule has 3 rings (SSSR count). The smallest absolute Gasteiger partial charge is 0.260 e. The van der Waals surface area contributed by atoms with Crippen molar-refractivity contribution in [2.45, 2.75) is 0 Å². The third kappa shape index (κ3) is 2.60. The lowest BCUT2D eigenvalue weighted by Gasteiger charge is -1.98. The van der Waals surface area contributed by atoms with E-state index < -0.39 is 0 Å². The van der Waals surface area contributed by atoms with Crippen LogP contribution in [-0.2, 0) is 7.05 Å². The average molecular weight is 284 g/mol. The summed E-state index contributed by atoms with van der Waals surface area (Å²) in [6.07, 6.45) is 3.20. The highest BCUT2D eigenvalue weighted by atomic mass is 32.1. The molecule has 1 N–H and O–H groups in total. The van der Waals surface area contributed by atoms with Crippen molar-refractivity contribution >= 4 is 22.4 Å². The van der Waals surface area contributed by atoms with Crippen LogP contribution in [0, 0.1) is 0 Å². The predicted octanol–water partition coefficient (Wildman–Crippen LogP) is 2.80. The standard InChI is InChI=1S/C14H12N4OS/c1-18-8-11(7-15-18)13(19)17-14-16-12(9-20-14)10-5-3-2-4-6-10/h2-9H,1H3,(H,16,17,19). The fourth-order valence-electron chi connectivity index (χ4n) is 1.78. The van der Waals surface area contributed by atoms with Crippen LogP contribution in [0.25, 0.3) is 11.3 Å². The van der Waals surface area contributed by atoms with E-state index in [4.69, 9.17) is 0 Å². The number of hydrogen-bond acceptors (Lipinski definition) is 4. The second-order valence-corrected chi connectivity index (χ2v) is 5.12. The number of aryl methyl sites for hydroxylation is 1. The lowest BCUT2D eigenvalue weighted by atomic mass is 10.2. The lowest BCUT2D eigenvalue weighted by Crippen LogP contribution is -2.10. The summed E-state index contributed by atoms with van der Waals surface area (Å²) in [6.45, 7) is 0. The Morgan fingerprint density at radius 3 is 2.80 bits per heavy atom. The van der Waals surface area contributed by atoms with Crippen molar-refractivity contribution < 1.29 is 4.79 Å². The molecule has 0 spiro atoms. The van der Waals surface area contributed by atoms with Gasteiger partial charge in [0.15, 0.2) is 5.13 Å². The predicted molar refractivity (Wildman–Crippen MR) is 78.7 cm³/mol. The van der Waals surface area contributed by atoms with E-state index in [9.17, 15) is 4.79 Å². The van der Waals surface area contributed by atoms with Crippen LogP contribution in [0.1, 0.15) is 10.4 Å². The quantitative estimate of drug-likeness (QED) is 0.804. The van der Waals surface area contributed by atoms with E-state index in [1.54, 1.807) is 17.9 Å². The number of anilines is 1. The van der Waals surface area contributed by atoms with E-state index in [0.717, 1.165) is 11.3 Å². The Bertz CT molecular complexity index is 732. The molecular formula is C14H12N4OS. The zero-order valence-corrected chi connectivity index (χ0v) is 11.6. The molecule has 1 aromatic carbocycles. The van der Waals surface area contributed by atoms with Gasteiger partial charge in [0.2, 0.25) is 0 Å². The second-order valence-electron chi connectivity index (χ2n) is 4.26. The number of nitrogens with zero attached hydrogens (tertiary/aromatic N) is 3. The van der Waals surface area contributed by atoms with E-state index in [0.29, 0.717) is 10.7 Å². The van der Waals surface area contributed by atoms with E-state index in [2.05, 4.69) is 15.4 Å². The summed E-state index contributed by atoms with van der Waals surface area (Å²) < 4.78 is 1.59. The Labute approximate surface area is 119 Å². The van der Waals surface area contributed by atoms with Crippen LogP contribution >= 0.6 is 11.3 Å². The Kier molecular flexibility index (Phi) is 3.30. The topological polar surface area (TPSA) is 59.8 Å². The highest BCUT2D eigenvalue weighted by Crippen LogP contribution is 2.24. The molecular weight excluding hydrogens is 272 g/mol. The van der Waals surface area contributed by atoms with Gasteiger partial charge in [0, 0.05) is 24.2 Å². The third-order valence-electron chi connectivity index (χ3n) is 2.76. The lowest BCUT2D eigenvalue weighted by molar-refractivity contribution is 0.102. The molecule has 2 aromatic heterocycles. The van der Waals surface area contributed by atoms with Gasteiger partial charge in [-0.05, 0) is 0 Å². The molecule has 0 aliphatic heterocycles. The van der Waals surface area contributed by atoms with Crippen LogP contribution in [-0.4, -0.2) is 20.7 Å². The molecule has 0 radical (unpaired) electrons. The summed E-state index contributed by atoms with van der Waals surface area (Å²) >= 11 is 1.40. The molecule has 0 atom stereocenters. The molecule has 20 heavy (non-hydrogen) atoms. The van der Waals surface area contributed by atoms with Crippen LogP contribution in [0.3, 0.4) is 0 Å². The average Bonchev–Trinajstić information content (AvgIpc) is 3.09. The van der Waals surface area contributed by atoms with Gasteiger partial charge >= 0.3 is 0 Å². The third-order valence-corrected chi connectivity index (χ3v) is 3.52. The first kappa shape index (κ1) is 12.6. The maximum Gasteiger partial charge on any atom is 0.260 e. The minimum absolute atomic E-state index is 0.202. The molecule has 0 saturated carbocycles. The van der Waals surface area contributed by atoms with Crippen molar-refractivity contribution in [3.8, 4) is 11.3 Å². The van der Waals surface area contributed by atoms with Gasteiger partial charge in [0.05, 0.1) is 17.5 Å². The Morgan fingerprint density at radius 1 is 1.30 bits per heavy atom. The zero-order chi connectivity index (χ0) is 13.9. The minimum atomic E-state index is -0.202. The van der Waals surface area contributed by atoms with Crippen LogP contribution in [0.4, 0.5) is 5.13 Å². The van der Waals surface area contributed by atoms with Crippen LogP contribution in [0.2, 0.25) is 0 Å². The number of carbonyl (C=O) groups excluding carboxylic acids is 1. The number of benzene rings is 1. The molecule has 0 unspecified atom stereocenters. The Hall–Kier alpha value is -2.47. The number of hydrogen-bond donors (Lipinski definition) is 1. The molecule has 0 aliphatic carbocycles. The van der Waals surface area contributed by atoms with Crippen molar-refractivity contribution in [1.82, 2.24) is 14.8 Å². The van der Waals surface area contributed by atoms with Crippen LogP contribution in [0.5, 0.6) is 0 Å². The number of amides is 1. The SMILES string of the molecule is Cn1cc(C(=O)Nc2nc(-c3ccccc3)cs2)cn1. The minimum Gasteiger partial charge on any atom is -0.298 e. The molecule has 6 heteroatoms. The molecule has 2 heterocycles. The maximum absolute atomic E-state index is 12.0. The highest BCUT2D eigenvalue weighted by molar-refractivity contribution is 7.14. The number of aromatic nitrogens is 3. The summed E-state index contributed by atoms with van der Waals surface area (Å²) in [5.74, 6) is -0.202. The first-order valence-corrected chi connectivity index (χ1v) is 6.91. The number of thiazole rings is 1. The zero-order valence-electron chi connectivity index (χ0n) is 10.8. The number of nitrogens with one attached hydrogen (secondary N) is 1. The molecule has 0 bridgehead atoms. The van der Waals surface area contributed by atoms with E-state index in [1.165, 1.54) is 17.5 Å². The first-order chi connectivity index (χ1) is 9.72. The van der Waals surface area contributed by atoms with Gasteiger partial charge in [0.1, 0.15) is 0 Å². The fourth-order valence-corrected chi connectivity index (χ4v) is 2.50. The van der Waals surface area contributed by atoms with Crippen molar-refractivity contribution in [2.24, 2.45) is 7.05 Å². The molecule has 0 saturated heterocycles. The van der Waals surface area contributed by atoms with Crippen molar-refractivity contribution in [3.63, 3.8) is 0 Å². The summed E-state index contributed by atoms with van der Waals surface area (Å²) in [6, 6.07) is 9.86. The number of carbonyl (C=O) groups is 1. The van der Waals surface area contributed by atoms with Gasteiger partial charge in [0.25, 0.3) is 5.91 Å². The number of rotatable bonds is 3. The van der Waals surface area contributed by atoms with E-state index >= 15 is 0 Å². The molecule has 0 aliphatic rings. The van der Waals surface area contributed by atoms with Gasteiger partial charge < -0.3 is 0 Å². The van der Waals surface area contributed by atoms with Crippen molar-refractivity contribution in [2.75, 3.05) is 5.32 Å². The van der Waals surface area contributed by atoms with Crippen LogP contribution < -0.4 is 5.32 Å². The van der Waals surface area contributed by atoms with Gasteiger partial charge in [-0.2, -0.15) is 5.10 Å². The summed E-state index contributed by atoms with van der Waals surface area (Å²) in [5.41, 5.74) is 2.41. The summed E-state index contributed by atoms with van der Waals surface area (Å²) in [7, 11) is 1.77. The second kappa shape index (κ2) is 5.26. The normalized spacial score (nSPS) is 10.4. The molecule has 100 valence electrons. The van der Waals surface area contributed by atoms with Crippen LogP contribution in [0.15, 0.2) is 48.1 Å². The van der Waals surface area contributed by atoms with E-state index in [-0.39, 0.29) is 5.91 Å². The van der Waals surface area contributed by atoms with Gasteiger partial charge in [-0.3, -0.25) is 14.8 Å². The first-order valence-electron chi connectivity index (χ1n) is 6.03. The fraction of sp³-hybridized carbons (Fsp3) is 0.0714. The Morgan fingerprint density at radius 2 is 2.10 bits per heavy atom. The van der Waals surface area contributed by atoms with E-state index in [1.807, 2.05) is 35.7 Å². The van der Waals surface area contributed by atoms with Gasteiger partial charge in [-0.15, -0.1) is 11.3 Å². The van der Waals surface area contributed by atoms with Gasteiger partial charge in [-0.1, -0.05) is 30.3 Å². The summed E-state index contributed by atoms with van der Waals surface area (Å²) in [4.78, 5) is 16.4. The highest BCUT2D eigenvalue weighted by Gasteiger charge is 2.11. The van der Waals surface area contributed by atoms with Gasteiger partial charge in [-0.25, -0.2) is 4.98 Å². The van der Waals surface area contributed by atoms with Crippen molar-refractivity contribution in [1.29, 1.82) is 0 Å². The molecule has 5 nitrogen and oxygen atoms in total. The molecule has 3 aromatic rings. The summed E-state index contributed by atoms with van der Waals surface area (Å²) in [5, 5.41) is 9.25.